The SMILES string of the molecule is Brc1cccc(-c2cc(C3CCNCC3)[nH]n2)c1. The van der Waals surface area contributed by atoms with E-state index < -0.39 is 0 Å². The van der Waals surface area contributed by atoms with Crippen molar-refractivity contribution in [2.45, 2.75) is 18.8 Å². The molecule has 1 aromatic carbocycles. The van der Waals surface area contributed by atoms with E-state index in [1.54, 1.807) is 0 Å². The highest BCUT2D eigenvalue weighted by atomic mass is 79.9. The van der Waals surface area contributed by atoms with Crippen molar-refractivity contribution in [3.05, 3.63) is 40.5 Å². The predicted molar refractivity (Wildman–Crippen MR) is 76.6 cm³/mol. The summed E-state index contributed by atoms with van der Waals surface area (Å²) >= 11 is 3.50. The van der Waals surface area contributed by atoms with Crippen LogP contribution in [0, 0.1) is 0 Å². The van der Waals surface area contributed by atoms with E-state index in [1.807, 2.05) is 12.1 Å². The molecule has 2 N–H and O–H groups in total. The number of rotatable bonds is 2. The zero-order valence-electron chi connectivity index (χ0n) is 10.1. The molecule has 0 aliphatic carbocycles. The highest BCUT2D eigenvalue weighted by Gasteiger charge is 2.17. The van der Waals surface area contributed by atoms with Crippen LogP contribution in [0.2, 0.25) is 0 Å². The van der Waals surface area contributed by atoms with Crippen LogP contribution in [-0.4, -0.2) is 23.3 Å². The molecule has 1 saturated heterocycles. The summed E-state index contributed by atoms with van der Waals surface area (Å²) < 4.78 is 1.09. The molecule has 0 amide bonds. The first-order valence-electron chi connectivity index (χ1n) is 6.35. The lowest BCUT2D eigenvalue weighted by atomic mass is 9.94. The van der Waals surface area contributed by atoms with Crippen LogP contribution in [0.15, 0.2) is 34.8 Å². The predicted octanol–water partition coefficient (Wildman–Crippen LogP) is 3.31. The smallest absolute Gasteiger partial charge is 0.0924 e. The molecule has 1 fully saturated rings. The van der Waals surface area contributed by atoms with Crippen LogP contribution in [0.25, 0.3) is 11.3 Å². The summed E-state index contributed by atoms with van der Waals surface area (Å²) in [5.41, 5.74) is 3.46. The Kier molecular flexibility index (Phi) is 3.48. The average Bonchev–Trinajstić information content (AvgIpc) is 2.89. The molecular formula is C14H16BrN3. The highest BCUT2D eigenvalue weighted by molar-refractivity contribution is 9.10. The van der Waals surface area contributed by atoms with Crippen LogP contribution in [-0.2, 0) is 0 Å². The topological polar surface area (TPSA) is 40.7 Å². The van der Waals surface area contributed by atoms with Crippen molar-refractivity contribution >= 4 is 15.9 Å². The number of nitrogens with zero attached hydrogens (tertiary/aromatic N) is 1. The van der Waals surface area contributed by atoms with Gasteiger partial charge in [0, 0.05) is 21.6 Å². The van der Waals surface area contributed by atoms with Gasteiger partial charge in [-0.05, 0) is 44.1 Å². The third-order valence-corrected chi connectivity index (χ3v) is 3.99. The molecule has 2 heterocycles. The minimum absolute atomic E-state index is 0.625. The maximum Gasteiger partial charge on any atom is 0.0924 e. The standard InChI is InChI=1S/C14H16BrN3/c15-12-3-1-2-11(8-12)14-9-13(17-18-14)10-4-6-16-7-5-10/h1-3,8-10,16H,4-7H2,(H,17,18). The third kappa shape index (κ3) is 2.49. The summed E-state index contributed by atoms with van der Waals surface area (Å²) in [5, 5.41) is 11.0. The quantitative estimate of drug-likeness (QED) is 0.894. The first-order valence-corrected chi connectivity index (χ1v) is 7.14. The average molecular weight is 306 g/mol. The van der Waals surface area contributed by atoms with Crippen LogP contribution in [0.5, 0.6) is 0 Å². The number of aromatic amines is 1. The second kappa shape index (κ2) is 5.24. The molecule has 0 spiro atoms. The lowest BCUT2D eigenvalue weighted by molar-refractivity contribution is 0.453. The van der Waals surface area contributed by atoms with Crippen LogP contribution in [0.1, 0.15) is 24.5 Å². The number of benzene rings is 1. The van der Waals surface area contributed by atoms with Crippen molar-refractivity contribution < 1.29 is 0 Å². The summed E-state index contributed by atoms with van der Waals surface area (Å²) in [6, 6.07) is 10.5. The van der Waals surface area contributed by atoms with Crippen molar-refractivity contribution in [2.24, 2.45) is 0 Å². The molecule has 2 aromatic rings. The maximum atomic E-state index is 4.44. The van der Waals surface area contributed by atoms with Gasteiger partial charge in [0.2, 0.25) is 0 Å². The number of nitrogens with one attached hydrogen (secondary N) is 2. The van der Waals surface area contributed by atoms with E-state index in [0.717, 1.165) is 28.8 Å². The van der Waals surface area contributed by atoms with Gasteiger partial charge in [-0.2, -0.15) is 5.10 Å². The van der Waals surface area contributed by atoms with Crippen molar-refractivity contribution in [3.8, 4) is 11.3 Å². The van der Waals surface area contributed by atoms with E-state index in [9.17, 15) is 0 Å². The summed E-state index contributed by atoms with van der Waals surface area (Å²) in [5.74, 6) is 0.625. The molecular weight excluding hydrogens is 290 g/mol. The van der Waals surface area contributed by atoms with Crippen LogP contribution in [0.4, 0.5) is 0 Å². The Morgan fingerprint density at radius 1 is 1.17 bits per heavy atom. The Balaban J connectivity index is 1.84. The Hall–Kier alpha value is -1.13. The van der Waals surface area contributed by atoms with Gasteiger partial charge in [-0.3, -0.25) is 5.10 Å². The first-order chi connectivity index (χ1) is 8.83. The molecule has 4 heteroatoms. The lowest BCUT2D eigenvalue weighted by Gasteiger charge is -2.20. The highest BCUT2D eigenvalue weighted by Crippen LogP contribution is 2.28. The molecule has 0 radical (unpaired) electrons. The van der Waals surface area contributed by atoms with Crippen molar-refractivity contribution in [1.82, 2.24) is 15.5 Å². The van der Waals surface area contributed by atoms with Crippen molar-refractivity contribution in [1.29, 1.82) is 0 Å². The Labute approximate surface area is 115 Å². The van der Waals surface area contributed by atoms with Gasteiger partial charge in [0.15, 0.2) is 0 Å². The fourth-order valence-electron chi connectivity index (χ4n) is 2.47. The summed E-state index contributed by atoms with van der Waals surface area (Å²) in [6.07, 6.45) is 2.39. The van der Waals surface area contributed by atoms with Crippen LogP contribution >= 0.6 is 15.9 Å². The van der Waals surface area contributed by atoms with E-state index in [1.165, 1.54) is 18.5 Å². The Morgan fingerprint density at radius 3 is 2.78 bits per heavy atom. The fourth-order valence-corrected chi connectivity index (χ4v) is 2.87. The molecule has 0 saturated carbocycles. The largest absolute Gasteiger partial charge is 0.317 e. The molecule has 1 aliphatic rings. The number of H-pyrrole nitrogens is 1. The normalized spacial score (nSPS) is 16.9. The number of piperidine rings is 1. The molecule has 1 aliphatic heterocycles. The van der Waals surface area contributed by atoms with Crippen LogP contribution < -0.4 is 5.32 Å². The van der Waals surface area contributed by atoms with Crippen LogP contribution in [0.3, 0.4) is 0 Å². The minimum atomic E-state index is 0.625. The number of halogens is 1. The third-order valence-electron chi connectivity index (χ3n) is 3.50. The molecule has 0 unspecified atom stereocenters. The number of aromatic nitrogens is 2. The van der Waals surface area contributed by atoms with Gasteiger partial charge in [0.1, 0.15) is 0 Å². The molecule has 3 rings (SSSR count). The second-order valence-electron chi connectivity index (χ2n) is 4.74. The Morgan fingerprint density at radius 2 is 2.00 bits per heavy atom. The van der Waals surface area contributed by atoms with Gasteiger partial charge in [0.25, 0.3) is 0 Å². The van der Waals surface area contributed by atoms with Crippen molar-refractivity contribution in [3.63, 3.8) is 0 Å². The monoisotopic (exact) mass is 305 g/mol. The number of hydrogen-bond acceptors (Lipinski definition) is 2. The van der Waals surface area contributed by atoms with Gasteiger partial charge in [-0.1, -0.05) is 28.1 Å². The zero-order valence-corrected chi connectivity index (χ0v) is 11.7. The van der Waals surface area contributed by atoms with E-state index in [-0.39, 0.29) is 0 Å². The lowest BCUT2D eigenvalue weighted by Crippen LogP contribution is -2.26. The first kappa shape index (κ1) is 11.9. The van der Waals surface area contributed by atoms with Crippen molar-refractivity contribution in [2.75, 3.05) is 13.1 Å². The van der Waals surface area contributed by atoms with E-state index in [0.29, 0.717) is 5.92 Å². The summed E-state index contributed by atoms with van der Waals surface area (Å²) in [4.78, 5) is 0. The zero-order chi connectivity index (χ0) is 12.4. The molecule has 1 aromatic heterocycles. The van der Waals surface area contributed by atoms with E-state index in [4.69, 9.17) is 0 Å². The maximum absolute atomic E-state index is 4.44. The van der Waals surface area contributed by atoms with E-state index in [2.05, 4.69) is 49.6 Å². The van der Waals surface area contributed by atoms with E-state index >= 15 is 0 Å². The Bertz CT molecular complexity index is 529. The molecule has 0 bridgehead atoms. The molecule has 18 heavy (non-hydrogen) atoms. The molecule has 3 nitrogen and oxygen atoms in total. The molecule has 0 atom stereocenters. The van der Waals surface area contributed by atoms with Gasteiger partial charge in [0.05, 0.1) is 5.69 Å². The van der Waals surface area contributed by atoms with Gasteiger partial charge in [-0.15, -0.1) is 0 Å². The fraction of sp³-hybridized carbons (Fsp3) is 0.357. The summed E-state index contributed by atoms with van der Waals surface area (Å²) in [7, 11) is 0. The molecule has 94 valence electrons. The van der Waals surface area contributed by atoms with Gasteiger partial charge < -0.3 is 5.32 Å². The number of hydrogen-bond donors (Lipinski definition) is 2. The second-order valence-corrected chi connectivity index (χ2v) is 5.66. The minimum Gasteiger partial charge on any atom is -0.317 e. The van der Waals surface area contributed by atoms with Gasteiger partial charge in [-0.25, -0.2) is 0 Å². The van der Waals surface area contributed by atoms with Gasteiger partial charge >= 0.3 is 0 Å². The summed E-state index contributed by atoms with van der Waals surface area (Å²) in [6.45, 7) is 2.21.